The maximum absolute atomic E-state index is 13.1. The molecule has 2 aliphatic rings. The van der Waals surface area contributed by atoms with E-state index in [1.165, 1.54) is 12.4 Å². The molecule has 1 aliphatic heterocycles. The molecule has 1 saturated heterocycles. The summed E-state index contributed by atoms with van der Waals surface area (Å²) in [7, 11) is 3.77. The number of aromatic nitrogens is 2. The number of carbonyl (C=O) groups is 1. The van der Waals surface area contributed by atoms with Crippen molar-refractivity contribution in [3.05, 3.63) is 51.9 Å². The number of allylic oxidation sites excluding steroid dienone is 1. The van der Waals surface area contributed by atoms with Crippen LogP contribution in [0, 0.1) is 0 Å². The zero-order valence-electron chi connectivity index (χ0n) is 20.8. The van der Waals surface area contributed by atoms with Crippen molar-refractivity contribution in [3.63, 3.8) is 0 Å². The van der Waals surface area contributed by atoms with Gasteiger partial charge in [-0.25, -0.2) is 4.98 Å². The van der Waals surface area contributed by atoms with Crippen molar-refractivity contribution in [1.29, 1.82) is 0 Å². The number of aliphatic imine (C=N–C) groups is 1. The van der Waals surface area contributed by atoms with Gasteiger partial charge in [-0.3, -0.25) is 9.79 Å². The molecule has 1 aromatic heterocycles. The van der Waals surface area contributed by atoms with Crippen LogP contribution >= 0.6 is 23.2 Å². The number of nitrogens with two attached hydrogens (primary N) is 1. The molecule has 198 valence electrons. The summed E-state index contributed by atoms with van der Waals surface area (Å²) in [6, 6.07) is 5.20. The van der Waals surface area contributed by atoms with Crippen LogP contribution in [0.5, 0.6) is 5.88 Å². The molecule has 0 unspecified atom stereocenters. The second kappa shape index (κ2) is 12.6. The first-order valence-corrected chi connectivity index (χ1v) is 12.8. The van der Waals surface area contributed by atoms with Crippen LogP contribution < -0.4 is 21.1 Å². The first kappa shape index (κ1) is 27.1. The summed E-state index contributed by atoms with van der Waals surface area (Å²) < 4.78 is 11.4. The molecule has 0 radical (unpaired) electrons. The summed E-state index contributed by atoms with van der Waals surface area (Å²) in [6.45, 7) is 2.02. The Morgan fingerprint density at radius 2 is 1.89 bits per heavy atom. The molecule has 2 heterocycles. The zero-order chi connectivity index (χ0) is 26.4. The number of methoxy groups -OCH3 is 1. The molecule has 1 amide bonds. The summed E-state index contributed by atoms with van der Waals surface area (Å²) in [6.07, 6.45) is 7.82. The Balaban J connectivity index is 1.51. The van der Waals surface area contributed by atoms with Gasteiger partial charge >= 0.3 is 0 Å². The number of piperidine rings is 1. The van der Waals surface area contributed by atoms with E-state index >= 15 is 0 Å². The number of halogens is 2. The second-order valence-electron chi connectivity index (χ2n) is 9.09. The van der Waals surface area contributed by atoms with Crippen LogP contribution in [0.3, 0.4) is 0 Å². The third-order valence-corrected chi connectivity index (χ3v) is 7.04. The van der Waals surface area contributed by atoms with E-state index in [9.17, 15) is 4.79 Å². The Hall–Kier alpha value is -2.92. The molecule has 0 spiro atoms. The molecule has 10 nitrogen and oxygen atoms in total. The Bertz CT molecular complexity index is 1140. The van der Waals surface area contributed by atoms with Crippen LogP contribution in [0.15, 0.2) is 41.3 Å². The Kier molecular flexibility index (Phi) is 9.20. The zero-order valence-corrected chi connectivity index (χ0v) is 22.3. The van der Waals surface area contributed by atoms with E-state index in [0.29, 0.717) is 34.3 Å². The summed E-state index contributed by atoms with van der Waals surface area (Å²) in [4.78, 5) is 28.9. The maximum atomic E-state index is 13.1. The maximum Gasteiger partial charge on any atom is 0.262 e. The van der Waals surface area contributed by atoms with E-state index in [4.69, 9.17) is 38.4 Å². The highest BCUT2D eigenvalue weighted by molar-refractivity contribution is 6.40. The van der Waals surface area contributed by atoms with E-state index in [2.05, 4.69) is 37.5 Å². The molecule has 4 rings (SSSR count). The highest BCUT2D eigenvalue weighted by Gasteiger charge is 2.32. The van der Waals surface area contributed by atoms with Crippen molar-refractivity contribution in [2.75, 3.05) is 37.9 Å². The number of carbonyl (C=O) groups excluding carboxylic acids is 1. The van der Waals surface area contributed by atoms with Gasteiger partial charge < -0.3 is 30.7 Å². The second-order valence-corrected chi connectivity index (χ2v) is 9.91. The molecule has 1 saturated carbocycles. The van der Waals surface area contributed by atoms with Gasteiger partial charge in [-0.05, 0) is 45.1 Å². The highest BCUT2D eigenvalue weighted by Crippen LogP contribution is 2.32. The van der Waals surface area contributed by atoms with Gasteiger partial charge in [0.1, 0.15) is 11.7 Å². The lowest BCUT2D eigenvalue weighted by Crippen LogP contribution is -2.39. The number of hydrogen-bond donors (Lipinski definition) is 3. The van der Waals surface area contributed by atoms with Gasteiger partial charge in [0.05, 0.1) is 33.6 Å². The van der Waals surface area contributed by atoms with Gasteiger partial charge in [0.15, 0.2) is 0 Å². The number of nitrogens with zero attached hydrogens (tertiary/aromatic N) is 4. The molecule has 1 aliphatic carbocycles. The molecule has 4 N–H and O–H groups in total. The number of hydrogen-bond acceptors (Lipinski definition) is 9. The van der Waals surface area contributed by atoms with Crippen molar-refractivity contribution < 1.29 is 14.3 Å². The van der Waals surface area contributed by atoms with Crippen LogP contribution in [-0.4, -0.2) is 72.5 Å². The lowest BCUT2D eigenvalue weighted by atomic mass is 9.92. The third kappa shape index (κ3) is 7.10. The monoisotopic (exact) mass is 547 g/mol. The number of ether oxygens (including phenoxy) is 2. The van der Waals surface area contributed by atoms with Crippen molar-refractivity contribution in [3.8, 4) is 5.88 Å². The van der Waals surface area contributed by atoms with Gasteiger partial charge in [-0.2, -0.15) is 4.98 Å². The molecular weight excluding hydrogens is 517 g/mol. The fraction of sp³-hybridized carbons (Fsp3) is 0.440. The van der Waals surface area contributed by atoms with Crippen molar-refractivity contribution in [2.24, 2.45) is 10.7 Å². The number of likely N-dealkylation sites (tertiary alicyclic amines) is 1. The van der Waals surface area contributed by atoms with Gasteiger partial charge in [0, 0.05) is 38.6 Å². The molecule has 12 heteroatoms. The molecule has 0 bridgehead atoms. The third-order valence-electron chi connectivity index (χ3n) is 6.41. The molecule has 2 fully saturated rings. The molecule has 1 aromatic carbocycles. The normalized spacial score (nSPS) is 21.0. The average Bonchev–Trinajstić information content (AvgIpc) is 2.87. The van der Waals surface area contributed by atoms with Crippen LogP contribution in [-0.2, 0) is 4.74 Å². The number of rotatable bonds is 9. The predicted molar refractivity (Wildman–Crippen MR) is 146 cm³/mol. The van der Waals surface area contributed by atoms with E-state index in [1.54, 1.807) is 31.5 Å². The van der Waals surface area contributed by atoms with E-state index < -0.39 is 5.91 Å². The van der Waals surface area contributed by atoms with Crippen LogP contribution in [0.4, 0.5) is 11.6 Å². The smallest absolute Gasteiger partial charge is 0.262 e. The SMILES string of the molecule is COC1CC(Oc2nc(N/C(C=NC3CCN(C)CC3)=C/N)ncc2C(=O)Nc2c(Cl)cccc2Cl)C1. The van der Waals surface area contributed by atoms with E-state index in [0.717, 1.165) is 25.9 Å². The number of nitrogens with one attached hydrogen (secondary N) is 2. The molecular formula is C25H31Cl2N7O3. The lowest BCUT2D eigenvalue weighted by molar-refractivity contribution is -0.0398. The Labute approximate surface area is 226 Å². The standard InChI is InChI=1S/C25H31Cl2N7O3/c1-34-8-6-15(7-9-34)29-13-16(12-28)31-25-30-14-19(24(33-25)37-18-10-17(11-18)36-2)23(35)32-22-20(26)4-3-5-21(22)27/h3-5,12-15,17-18H,6-11,28H2,1-2H3,(H,32,35)(H,30,31,33)/b16-12+,29-13?. The Morgan fingerprint density at radius 1 is 1.19 bits per heavy atom. The predicted octanol–water partition coefficient (Wildman–Crippen LogP) is 3.97. The first-order valence-electron chi connectivity index (χ1n) is 12.1. The van der Waals surface area contributed by atoms with E-state index in [1.807, 2.05) is 0 Å². The minimum atomic E-state index is -0.502. The highest BCUT2D eigenvalue weighted by atomic mass is 35.5. The number of amides is 1. The summed E-state index contributed by atoms with van der Waals surface area (Å²) in [5.74, 6) is -0.157. The van der Waals surface area contributed by atoms with E-state index in [-0.39, 0.29) is 35.6 Å². The van der Waals surface area contributed by atoms with Crippen molar-refractivity contribution in [2.45, 2.75) is 43.9 Å². The molecule has 2 aromatic rings. The summed E-state index contributed by atoms with van der Waals surface area (Å²) >= 11 is 12.4. The summed E-state index contributed by atoms with van der Waals surface area (Å²) in [5, 5.41) is 6.41. The number of anilines is 2. The fourth-order valence-electron chi connectivity index (χ4n) is 4.01. The number of para-hydroxylation sites is 1. The van der Waals surface area contributed by atoms with Crippen LogP contribution in [0.2, 0.25) is 10.0 Å². The topological polar surface area (TPSA) is 127 Å². The largest absolute Gasteiger partial charge is 0.473 e. The average molecular weight is 548 g/mol. The van der Waals surface area contributed by atoms with Gasteiger partial charge in [-0.15, -0.1) is 0 Å². The summed E-state index contributed by atoms with van der Waals surface area (Å²) in [5.41, 5.74) is 6.79. The van der Waals surface area contributed by atoms with Crippen molar-refractivity contribution >= 4 is 47.0 Å². The fourth-order valence-corrected chi connectivity index (χ4v) is 4.50. The minimum absolute atomic E-state index is 0.117. The number of benzene rings is 1. The minimum Gasteiger partial charge on any atom is -0.473 e. The molecule has 0 atom stereocenters. The Morgan fingerprint density at radius 3 is 2.54 bits per heavy atom. The lowest BCUT2D eigenvalue weighted by Gasteiger charge is -2.34. The van der Waals surface area contributed by atoms with Gasteiger partial charge in [-0.1, -0.05) is 29.3 Å². The van der Waals surface area contributed by atoms with Crippen LogP contribution in [0.25, 0.3) is 0 Å². The van der Waals surface area contributed by atoms with Gasteiger partial charge in [0.25, 0.3) is 5.91 Å². The van der Waals surface area contributed by atoms with Gasteiger partial charge in [0.2, 0.25) is 11.8 Å². The quantitative estimate of drug-likeness (QED) is 0.402. The van der Waals surface area contributed by atoms with Crippen LogP contribution in [0.1, 0.15) is 36.0 Å². The van der Waals surface area contributed by atoms with Crippen molar-refractivity contribution in [1.82, 2.24) is 14.9 Å². The molecule has 37 heavy (non-hydrogen) atoms. The first-order chi connectivity index (χ1) is 17.9.